The first-order chi connectivity index (χ1) is 15.0. The Balaban J connectivity index is 1.78. The number of aliphatic carboxylic acids is 1. The molecule has 4 nitrogen and oxygen atoms in total. The summed E-state index contributed by atoms with van der Waals surface area (Å²) in [5.74, 6) is 6.45. The van der Waals surface area contributed by atoms with Crippen molar-refractivity contribution in [2.75, 3.05) is 12.4 Å². The van der Waals surface area contributed by atoms with Crippen LogP contribution in [0.1, 0.15) is 27.8 Å². The molecule has 3 rings (SSSR count). The van der Waals surface area contributed by atoms with Crippen LogP contribution < -0.4 is 4.74 Å². The maximum absolute atomic E-state index is 10.8. The van der Waals surface area contributed by atoms with E-state index in [2.05, 4.69) is 54.3 Å². The Bertz CT molecular complexity index is 1170. The highest BCUT2D eigenvalue weighted by Gasteiger charge is 2.06. The number of carbonyl (C=O) groups is 1. The molecule has 1 N–H and O–H groups in total. The van der Waals surface area contributed by atoms with Gasteiger partial charge in [0.1, 0.15) is 5.75 Å². The van der Waals surface area contributed by atoms with Crippen molar-refractivity contribution >= 4 is 17.7 Å². The third kappa shape index (κ3) is 6.67. The van der Waals surface area contributed by atoms with E-state index < -0.39 is 12.6 Å². The minimum atomic E-state index is -1.07. The normalized spacial score (nSPS) is 9.94. The van der Waals surface area contributed by atoms with Crippen molar-refractivity contribution < 1.29 is 14.6 Å². The number of nitrogens with zero attached hydrogens (tertiary/aromatic N) is 1. The fourth-order valence-electron chi connectivity index (χ4n) is 2.85. The van der Waals surface area contributed by atoms with E-state index in [0.29, 0.717) is 16.9 Å². The van der Waals surface area contributed by atoms with Gasteiger partial charge in [0.25, 0.3) is 0 Å². The average Bonchev–Trinajstić information content (AvgIpc) is 2.78. The second-order valence-corrected chi connectivity index (χ2v) is 7.98. The highest BCUT2D eigenvalue weighted by Crippen LogP contribution is 2.23. The lowest BCUT2D eigenvalue weighted by Crippen LogP contribution is -2.10. The summed E-state index contributed by atoms with van der Waals surface area (Å²) >= 11 is 1.78. The van der Waals surface area contributed by atoms with E-state index in [9.17, 15) is 4.79 Å². The van der Waals surface area contributed by atoms with Gasteiger partial charge in [0.15, 0.2) is 6.61 Å². The minimum Gasteiger partial charge on any atom is -0.481 e. The fraction of sp³-hybridized carbons (Fsp3) is 0.154. The van der Waals surface area contributed by atoms with Crippen LogP contribution in [0.15, 0.2) is 71.6 Å². The summed E-state index contributed by atoms with van der Waals surface area (Å²) in [6.45, 7) is 1.53. The Kier molecular flexibility index (Phi) is 7.76. The lowest BCUT2D eigenvalue weighted by atomic mass is 10.1. The predicted octanol–water partition coefficient (Wildman–Crippen LogP) is 5.06. The number of hydrogen-bond acceptors (Lipinski definition) is 4. The van der Waals surface area contributed by atoms with Crippen LogP contribution in [0.3, 0.4) is 0 Å². The molecule has 154 valence electrons. The van der Waals surface area contributed by atoms with Gasteiger partial charge in [-0.25, -0.2) is 4.79 Å². The van der Waals surface area contributed by atoms with Crippen molar-refractivity contribution in [3.05, 3.63) is 94.5 Å². The van der Waals surface area contributed by atoms with Gasteiger partial charge in [0.2, 0.25) is 0 Å². The van der Waals surface area contributed by atoms with E-state index >= 15 is 0 Å². The molecule has 0 amide bonds. The summed E-state index contributed by atoms with van der Waals surface area (Å²) in [6.07, 6.45) is 0.992. The van der Waals surface area contributed by atoms with Gasteiger partial charge >= 0.3 is 5.97 Å². The van der Waals surface area contributed by atoms with Crippen LogP contribution in [0, 0.1) is 30.1 Å². The molecular weight excluding hydrogens is 406 g/mol. The SMILES string of the molecule is Cc1ccc(SCCc2ccccc2)cc1C#Cc1cc(C#N)ccc1OCC(=O)O. The quantitative estimate of drug-likeness (QED) is 0.421. The third-order valence-corrected chi connectivity index (χ3v) is 5.50. The summed E-state index contributed by atoms with van der Waals surface area (Å²) in [4.78, 5) is 12.0. The topological polar surface area (TPSA) is 70.3 Å². The minimum absolute atomic E-state index is 0.347. The van der Waals surface area contributed by atoms with E-state index in [1.54, 1.807) is 30.0 Å². The Labute approximate surface area is 186 Å². The third-order valence-electron chi connectivity index (χ3n) is 4.50. The fourth-order valence-corrected chi connectivity index (χ4v) is 3.79. The largest absolute Gasteiger partial charge is 0.481 e. The average molecular weight is 428 g/mol. The number of ether oxygens (including phenoxy) is 1. The molecule has 0 aliphatic heterocycles. The predicted molar refractivity (Wildman–Crippen MR) is 122 cm³/mol. The zero-order chi connectivity index (χ0) is 22.1. The Morgan fingerprint density at radius 1 is 1.03 bits per heavy atom. The van der Waals surface area contributed by atoms with Crippen molar-refractivity contribution in [2.24, 2.45) is 0 Å². The second kappa shape index (κ2) is 10.9. The molecular formula is C26H21NO3S. The van der Waals surface area contributed by atoms with Gasteiger partial charge in [-0.05, 0) is 54.8 Å². The van der Waals surface area contributed by atoms with Gasteiger partial charge in [-0.3, -0.25) is 0 Å². The zero-order valence-corrected chi connectivity index (χ0v) is 17.9. The highest BCUT2D eigenvalue weighted by molar-refractivity contribution is 7.99. The number of carboxylic acids is 1. The first kappa shape index (κ1) is 22.0. The van der Waals surface area contributed by atoms with Crippen molar-refractivity contribution in [3.63, 3.8) is 0 Å². The van der Waals surface area contributed by atoms with Crippen LogP contribution in [0.2, 0.25) is 0 Å². The maximum Gasteiger partial charge on any atom is 0.341 e. The molecule has 0 unspecified atom stereocenters. The molecule has 0 radical (unpaired) electrons. The first-order valence-electron chi connectivity index (χ1n) is 9.73. The van der Waals surface area contributed by atoms with Crippen molar-refractivity contribution in [2.45, 2.75) is 18.2 Å². The number of hydrogen-bond donors (Lipinski definition) is 1. The van der Waals surface area contributed by atoms with Crippen LogP contribution >= 0.6 is 11.8 Å². The molecule has 0 saturated carbocycles. The molecule has 3 aromatic rings. The standard InChI is InChI=1S/C26H21NO3S/c1-19-7-11-24(31-14-13-20-5-3-2-4-6-20)16-22(19)9-10-23-15-21(17-27)8-12-25(23)30-18-26(28)29/h2-8,11-12,15-16H,13-14,18H2,1H3,(H,28,29). The molecule has 31 heavy (non-hydrogen) atoms. The number of thioether (sulfide) groups is 1. The molecule has 5 heteroatoms. The number of aryl methyl sites for hydroxylation is 2. The van der Waals surface area contributed by atoms with E-state index in [1.807, 2.05) is 19.1 Å². The molecule has 0 bridgehead atoms. The van der Waals surface area contributed by atoms with Crippen LogP contribution in [-0.4, -0.2) is 23.4 Å². The molecule has 0 aromatic heterocycles. The van der Waals surface area contributed by atoms with Gasteiger partial charge in [0, 0.05) is 16.2 Å². The highest BCUT2D eigenvalue weighted by atomic mass is 32.2. The van der Waals surface area contributed by atoms with Crippen LogP contribution in [0.4, 0.5) is 0 Å². The van der Waals surface area contributed by atoms with Gasteiger partial charge in [-0.1, -0.05) is 48.2 Å². The molecule has 0 fully saturated rings. The van der Waals surface area contributed by atoms with E-state index in [1.165, 1.54) is 5.56 Å². The van der Waals surface area contributed by atoms with Gasteiger partial charge in [-0.15, -0.1) is 11.8 Å². The van der Waals surface area contributed by atoms with Crippen LogP contribution in [-0.2, 0) is 11.2 Å². The molecule has 0 heterocycles. The number of carboxylic acid groups (broad SMARTS) is 1. The van der Waals surface area contributed by atoms with Crippen LogP contribution in [0.5, 0.6) is 5.75 Å². The Hall–Kier alpha value is -3.67. The van der Waals surface area contributed by atoms with Gasteiger partial charge < -0.3 is 9.84 Å². The van der Waals surface area contributed by atoms with E-state index in [0.717, 1.165) is 28.2 Å². The van der Waals surface area contributed by atoms with Crippen molar-refractivity contribution in [1.82, 2.24) is 0 Å². The smallest absolute Gasteiger partial charge is 0.341 e. The first-order valence-corrected chi connectivity index (χ1v) is 10.7. The second-order valence-electron chi connectivity index (χ2n) is 6.82. The molecule has 3 aromatic carbocycles. The monoisotopic (exact) mass is 427 g/mol. The summed E-state index contributed by atoms with van der Waals surface area (Å²) in [7, 11) is 0. The summed E-state index contributed by atoms with van der Waals surface area (Å²) in [6, 6.07) is 23.4. The van der Waals surface area contributed by atoms with Crippen molar-refractivity contribution in [1.29, 1.82) is 5.26 Å². The molecule has 0 atom stereocenters. The lowest BCUT2D eigenvalue weighted by molar-refractivity contribution is -0.139. The number of nitriles is 1. The molecule has 0 aliphatic rings. The number of benzene rings is 3. The summed E-state index contributed by atoms with van der Waals surface area (Å²) in [5, 5.41) is 18.0. The van der Waals surface area contributed by atoms with Gasteiger partial charge in [0.05, 0.1) is 17.2 Å². The molecule has 0 spiro atoms. The van der Waals surface area contributed by atoms with E-state index in [-0.39, 0.29) is 0 Å². The molecule has 0 saturated heterocycles. The Morgan fingerprint density at radius 3 is 2.55 bits per heavy atom. The summed E-state index contributed by atoms with van der Waals surface area (Å²) < 4.78 is 5.32. The van der Waals surface area contributed by atoms with Crippen molar-refractivity contribution in [3.8, 4) is 23.7 Å². The molecule has 0 aliphatic carbocycles. The van der Waals surface area contributed by atoms with E-state index in [4.69, 9.17) is 15.1 Å². The summed E-state index contributed by atoms with van der Waals surface area (Å²) in [5.41, 5.74) is 4.17. The maximum atomic E-state index is 10.8. The number of rotatable bonds is 7. The lowest BCUT2D eigenvalue weighted by Gasteiger charge is -2.07. The zero-order valence-electron chi connectivity index (χ0n) is 17.1. The Morgan fingerprint density at radius 2 is 1.81 bits per heavy atom. The van der Waals surface area contributed by atoms with Gasteiger partial charge in [-0.2, -0.15) is 5.26 Å². The van der Waals surface area contributed by atoms with Crippen LogP contribution in [0.25, 0.3) is 0 Å².